The minimum Gasteiger partial charge on any atom is -0.491 e. The Morgan fingerprint density at radius 3 is 2.62 bits per heavy atom. The molecule has 116 valence electrons. The van der Waals surface area contributed by atoms with Gasteiger partial charge >= 0.3 is 5.97 Å². The second-order valence-corrected chi connectivity index (χ2v) is 4.84. The summed E-state index contributed by atoms with van der Waals surface area (Å²) in [5.41, 5.74) is 0.278. The lowest BCUT2D eigenvalue weighted by molar-refractivity contribution is -0.195. The molecule has 1 unspecified atom stereocenters. The summed E-state index contributed by atoms with van der Waals surface area (Å²) in [6, 6.07) is 6.84. The Labute approximate surface area is 126 Å². The smallest absolute Gasteiger partial charge is 0.333 e. The summed E-state index contributed by atoms with van der Waals surface area (Å²) in [6.07, 6.45) is -0.920. The van der Waals surface area contributed by atoms with Gasteiger partial charge in [0.1, 0.15) is 25.1 Å². The number of aliphatic hydroxyl groups is 1. The Hall–Kier alpha value is -1.58. The number of rotatable bonds is 9. The lowest BCUT2D eigenvalue weighted by Gasteiger charge is -2.13. The third-order valence-corrected chi connectivity index (χ3v) is 2.80. The molecule has 0 aliphatic carbocycles. The highest BCUT2D eigenvalue weighted by Gasteiger charge is 2.10. The van der Waals surface area contributed by atoms with E-state index >= 15 is 0 Å². The maximum atomic E-state index is 11.1. The number of hydrogen-bond donors (Lipinski definition) is 2. The Kier molecular flexibility index (Phi) is 7.80. The van der Waals surface area contributed by atoms with Crippen LogP contribution < -0.4 is 10.6 Å². The maximum absolute atomic E-state index is 11.1. The summed E-state index contributed by atoms with van der Waals surface area (Å²) >= 11 is 0.950. The molecule has 1 aromatic rings. The van der Waals surface area contributed by atoms with Gasteiger partial charge in [0.2, 0.25) is 0 Å². The molecular formula is C13H17NO6S. The Bertz CT molecular complexity index is 464. The van der Waals surface area contributed by atoms with E-state index in [-0.39, 0.29) is 18.8 Å². The van der Waals surface area contributed by atoms with Gasteiger partial charge in [0, 0.05) is 10.5 Å². The van der Waals surface area contributed by atoms with Crippen molar-refractivity contribution in [3.63, 3.8) is 0 Å². The van der Waals surface area contributed by atoms with Crippen molar-refractivity contribution in [2.45, 2.75) is 17.9 Å². The average Bonchev–Trinajstić information content (AvgIpc) is 2.49. The SMILES string of the molecule is C=C(C)C(=O)OCC(O)COc1ccc(SOON)cc1. The molecule has 0 spiro atoms. The number of ether oxygens (including phenoxy) is 2. The Morgan fingerprint density at radius 2 is 2.05 bits per heavy atom. The van der Waals surface area contributed by atoms with Crippen molar-refractivity contribution < 1.29 is 28.7 Å². The van der Waals surface area contributed by atoms with Crippen molar-refractivity contribution in [2.75, 3.05) is 13.2 Å². The van der Waals surface area contributed by atoms with E-state index in [9.17, 15) is 9.90 Å². The van der Waals surface area contributed by atoms with Crippen LogP contribution in [-0.4, -0.2) is 30.4 Å². The van der Waals surface area contributed by atoms with Crippen LogP contribution in [0.1, 0.15) is 6.92 Å². The standard InChI is InChI=1S/C13H17NO6S/c1-9(2)13(16)18-8-10(15)7-17-11-3-5-12(6-4-11)21-20-19-14/h3-6,10,15H,1,7-8,14H2,2H3. The lowest BCUT2D eigenvalue weighted by atomic mass is 10.3. The number of carbonyl (C=O) groups is 1. The van der Waals surface area contributed by atoms with Crippen LogP contribution in [-0.2, 0) is 18.9 Å². The predicted octanol–water partition coefficient (Wildman–Crippen LogP) is 1.37. The van der Waals surface area contributed by atoms with Gasteiger partial charge < -0.3 is 14.6 Å². The van der Waals surface area contributed by atoms with E-state index in [4.69, 9.17) is 15.4 Å². The maximum Gasteiger partial charge on any atom is 0.333 e. The molecule has 1 aromatic carbocycles. The molecule has 0 aromatic heterocycles. The molecule has 21 heavy (non-hydrogen) atoms. The first-order valence-corrected chi connectivity index (χ1v) is 6.70. The highest BCUT2D eigenvalue weighted by Crippen LogP contribution is 2.22. The molecular weight excluding hydrogens is 298 g/mol. The van der Waals surface area contributed by atoms with E-state index in [2.05, 4.69) is 15.9 Å². The molecule has 7 nitrogen and oxygen atoms in total. The summed E-state index contributed by atoms with van der Waals surface area (Å²) in [4.78, 5) is 15.9. The van der Waals surface area contributed by atoms with Crippen LogP contribution in [0.25, 0.3) is 0 Å². The zero-order valence-electron chi connectivity index (χ0n) is 11.5. The highest BCUT2D eigenvalue weighted by molar-refractivity contribution is 7.94. The van der Waals surface area contributed by atoms with Crippen LogP contribution in [0.3, 0.4) is 0 Å². The first kappa shape index (κ1) is 17.5. The van der Waals surface area contributed by atoms with Crippen molar-refractivity contribution in [3.05, 3.63) is 36.4 Å². The van der Waals surface area contributed by atoms with Crippen molar-refractivity contribution in [1.82, 2.24) is 0 Å². The van der Waals surface area contributed by atoms with E-state index in [1.54, 1.807) is 24.3 Å². The van der Waals surface area contributed by atoms with Gasteiger partial charge in [0.15, 0.2) is 0 Å². The summed E-state index contributed by atoms with van der Waals surface area (Å²) in [5, 5.41) is 9.63. The Balaban J connectivity index is 2.30. The molecule has 0 radical (unpaired) electrons. The molecule has 0 heterocycles. The molecule has 0 aliphatic heterocycles. The summed E-state index contributed by atoms with van der Waals surface area (Å²) in [7, 11) is 0. The first-order chi connectivity index (χ1) is 10.0. The molecule has 0 aliphatic rings. The van der Waals surface area contributed by atoms with E-state index in [1.807, 2.05) is 0 Å². The van der Waals surface area contributed by atoms with Gasteiger partial charge in [-0.05, 0) is 31.2 Å². The minimum atomic E-state index is -0.920. The third-order valence-electron chi connectivity index (χ3n) is 2.19. The average molecular weight is 315 g/mol. The van der Waals surface area contributed by atoms with Crippen LogP contribution in [0.2, 0.25) is 0 Å². The normalized spacial score (nSPS) is 11.8. The summed E-state index contributed by atoms with van der Waals surface area (Å²) in [6.45, 7) is 4.82. The number of aliphatic hydroxyl groups excluding tert-OH is 1. The van der Waals surface area contributed by atoms with Gasteiger partial charge in [0.25, 0.3) is 0 Å². The molecule has 1 rings (SSSR count). The van der Waals surface area contributed by atoms with Gasteiger partial charge in [-0.15, -0.1) is 9.32 Å². The number of carbonyl (C=O) groups excluding carboxylic acids is 1. The summed E-state index contributed by atoms with van der Waals surface area (Å²) in [5.74, 6) is 4.73. The van der Waals surface area contributed by atoms with Crippen LogP contribution in [0.5, 0.6) is 5.75 Å². The quantitative estimate of drug-likeness (QED) is 0.232. The van der Waals surface area contributed by atoms with Crippen LogP contribution >= 0.6 is 12.0 Å². The van der Waals surface area contributed by atoms with Crippen molar-refractivity contribution in [2.24, 2.45) is 5.90 Å². The van der Waals surface area contributed by atoms with E-state index in [1.165, 1.54) is 6.92 Å². The molecule has 0 amide bonds. The zero-order valence-corrected chi connectivity index (χ0v) is 12.3. The number of nitrogens with two attached hydrogens (primary N) is 1. The fraction of sp³-hybridized carbons (Fsp3) is 0.308. The van der Waals surface area contributed by atoms with E-state index in [0.29, 0.717) is 5.75 Å². The second kappa shape index (κ2) is 9.37. The van der Waals surface area contributed by atoms with Gasteiger partial charge in [-0.2, -0.15) is 5.90 Å². The van der Waals surface area contributed by atoms with Crippen molar-refractivity contribution in [1.29, 1.82) is 0 Å². The molecule has 0 fully saturated rings. The molecule has 8 heteroatoms. The highest BCUT2D eigenvalue weighted by atomic mass is 32.2. The largest absolute Gasteiger partial charge is 0.491 e. The lowest BCUT2D eigenvalue weighted by Crippen LogP contribution is -2.25. The van der Waals surface area contributed by atoms with Crippen LogP contribution in [0.15, 0.2) is 41.3 Å². The van der Waals surface area contributed by atoms with Gasteiger partial charge in [0.05, 0.1) is 12.0 Å². The number of esters is 1. The predicted molar refractivity (Wildman–Crippen MR) is 75.9 cm³/mol. The van der Waals surface area contributed by atoms with Gasteiger partial charge in [-0.1, -0.05) is 6.58 Å². The number of benzene rings is 1. The summed E-state index contributed by atoms with van der Waals surface area (Å²) < 4.78 is 14.6. The Morgan fingerprint density at radius 1 is 1.38 bits per heavy atom. The van der Waals surface area contributed by atoms with Crippen LogP contribution in [0, 0.1) is 0 Å². The first-order valence-electron chi connectivity index (χ1n) is 5.96. The fourth-order valence-corrected chi connectivity index (χ4v) is 1.55. The zero-order chi connectivity index (χ0) is 15.7. The van der Waals surface area contributed by atoms with E-state index < -0.39 is 12.1 Å². The number of hydrogen-bond acceptors (Lipinski definition) is 8. The molecule has 0 saturated heterocycles. The molecule has 0 bridgehead atoms. The molecule has 3 N–H and O–H groups in total. The molecule has 1 atom stereocenters. The molecule has 0 saturated carbocycles. The van der Waals surface area contributed by atoms with Crippen molar-refractivity contribution in [3.8, 4) is 5.75 Å². The van der Waals surface area contributed by atoms with Gasteiger partial charge in [-0.25, -0.2) is 4.79 Å². The topological polar surface area (TPSA) is 100 Å². The van der Waals surface area contributed by atoms with Crippen molar-refractivity contribution >= 4 is 18.0 Å². The second-order valence-electron chi connectivity index (χ2n) is 4.06. The minimum absolute atomic E-state index is 0.00162. The van der Waals surface area contributed by atoms with E-state index in [0.717, 1.165) is 16.9 Å². The third kappa shape index (κ3) is 7.11. The van der Waals surface area contributed by atoms with Gasteiger partial charge in [-0.3, -0.25) is 0 Å². The monoisotopic (exact) mass is 315 g/mol. The fourth-order valence-electron chi connectivity index (χ4n) is 1.19. The van der Waals surface area contributed by atoms with Crippen LogP contribution in [0.4, 0.5) is 0 Å².